The number of benzene rings is 1. The highest BCUT2D eigenvalue weighted by molar-refractivity contribution is 6.16. The van der Waals surface area contributed by atoms with Gasteiger partial charge in [-0.15, -0.1) is 0 Å². The van der Waals surface area contributed by atoms with Crippen molar-refractivity contribution in [2.45, 2.75) is 6.92 Å². The van der Waals surface area contributed by atoms with E-state index in [4.69, 9.17) is 0 Å². The van der Waals surface area contributed by atoms with Gasteiger partial charge in [0.2, 0.25) is 0 Å². The van der Waals surface area contributed by atoms with Crippen molar-refractivity contribution >= 4 is 16.6 Å². The molecule has 19 heavy (non-hydrogen) atoms. The number of hydrogen-bond acceptors (Lipinski definition) is 3. The summed E-state index contributed by atoms with van der Waals surface area (Å²) in [4.78, 5) is 20.7. The number of hydrogen-bond donors (Lipinski definition) is 0. The average Bonchev–Trinajstić information content (AvgIpc) is 2.46. The molecule has 0 aliphatic carbocycles. The van der Waals surface area contributed by atoms with Crippen LogP contribution in [0.5, 0.6) is 0 Å². The van der Waals surface area contributed by atoms with Crippen LogP contribution in [0.25, 0.3) is 10.8 Å². The molecule has 0 aliphatic heterocycles. The molecule has 1 aromatic carbocycles. The van der Waals surface area contributed by atoms with Gasteiger partial charge in [-0.25, -0.2) is 0 Å². The fourth-order valence-corrected chi connectivity index (χ4v) is 2.17. The zero-order valence-electron chi connectivity index (χ0n) is 10.5. The van der Waals surface area contributed by atoms with Crippen LogP contribution in [0.2, 0.25) is 0 Å². The van der Waals surface area contributed by atoms with Gasteiger partial charge >= 0.3 is 0 Å². The standard InChI is InChI=1S/C16H12N2O/c1-11-5-7-18-10-15(11)16(19)14-4-2-3-12-9-17-8-6-13(12)14/h2-10H,1H3. The number of pyridine rings is 2. The number of carbonyl (C=O) groups excluding carboxylic acids is 1. The van der Waals surface area contributed by atoms with Crippen LogP contribution in [0.15, 0.2) is 55.1 Å². The van der Waals surface area contributed by atoms with Crippen LogP contribution in [-0.4, -0.2) is 15.8 Å². The summed E-state index contributed by atoms with van der Waals surface area (Å²) in [5.74, 6) is 0.00222. The van der Waals surface area contributed by atoms with Gasteiger partial charge in [-0.3, -0.25) is 14.8 Å². The van der Waals surface area contributed by atoms with Crippen molar-refractivity contribution in [3.63, 3.8) is 0 Å². The lowest BCUT2D eigenvalue weighted by molar-refractivity contribution is 0.103. The summed E-state index contributed by atoms with van der Waals surface area (Å²) in [6.07, 6.45) is 6.79. The second-order valence-corrected chi connectivity index (χ2v) is 4.42. The summed E-state index contributed by atoms with van der Waals surface area (Å²) in [6.45, 7) is 1.92. The van der Waals surface area contributed by atoms with Gasteiger partial charge in [-0.05, 0) is 30.0 Å². The monoisotopic (exact) mass is 248 g/mol. The first kappa shape index (κ1) is 11.5. The van der Waals surface area contributed by atoms with Gasteiger partial charge in [-0.2, -0.15) is 0 Å². The average molecular weight is 248 g/mol. The number of aryl methyl sites for hydroxylation is 1. The van der Waals surface area contributed by atoms with Gasteiger partial charge in [0.15, 0.2) is 5.78 Å². The number of rotatable bonds is 2. The highest BCUT2D eigenvalue weighted by atomic mass is 16.1. The molecule has 0 amide bonds. The molecule has 2 heterocycles. The van der Waals surface area contributed by atoms with Crippen molar-refractivity contribution in [3.05, 3.63) is 71.8 Å². The van der Waals surface area contributed by atoms with Gasteiger partial charge < -0.3 is 0 Å². The maximum atomic E-state index is 12.6. The minimum absolute atomic E-state index is 0.00222. The Balaban J connectivity index is 2.20. The zero-order chi connectivity index (χ0) is 13.2. The molecular weight excluding hydrogens is 236 g/mol. The Bertz CT molecular complexity index is 760. The fourth-order valence-electron chi connectivity index (χ4n) is 2.17. The Labute approximate surface area is 111 Å². The van der Waals surface area contributed by atoms with Crippen LogP contribution < -0.4 is 0 Å². The second-order valence-electron chi connectivity index (χ2n) is 4.42. The highest BCUT2D eigenvalue weighted by Gasteiger charge is 2.14. The van der Waals surface area contributed by atoms with Crippen LogP contribution in [0.4, 0.5) is 0 Å². The van der Waals surface area contributed by atoms with Crippen molar-refractivity contribution < 1.29 is 4.79 Å². The van der Waals surface area contributed by atoms with Crippen molar-refractivity contribution in [1.29, 1.82) is 0 Å². The zero-order valence-corrected chi connectivity index (χ0v) is 10.5. The number of ketones is 1. The van der Waals surface area contributed by atoms with Gasteiger partial charge in [-0.1, -0.05) is 18.2 Å². The molecular formula is C16H12N2O. The molecule has 0 spiro atoms. The lowest BCUT2D eigenvalue weighted by Gasteiger charge is -2.07. The van der Waals surface area contributed by atoms with E-state index in [-0.39, 0.29) is 5.78 Å². The van der Waals surface area contributed by atoms with E-state index in [1.807, 2.05) is 37.3 Å². The van der Waals surface area contributed by atoms with Crippen molar-refractivity contribution in [1.82, 2.24) is 9.97 Å². The molecule has 92 valence electrons. The summed E-state index contributed by atoms with van der Waals surface area (Å²) in [5.41, 5.74) is 2.27. The van der Waals surface area contributed by atoms with Crippen molar-refractivity contribution in [2.75, 3.05) is 0 Å². The molecule has 0 bridgehead atoms. The van der Waals surface area contributed by atoms with Crippen LogP contribution >= 0.6 is 0 Å². The van der Waals surface area contributed by atoms with E-state index in [0.29, 0.717) is 11.1 Å². The molecule has 0 N–H and O–H groups in total. The molecule has 3 nitrogen and oxygen atoms in total. The van der Waals surface area contributed by atoms with E-state index in [1.165, 1.54) is 0 Å². The second kappa shape index (κ2) is 4.61. The Kier molecular flexibility index (Phi) is 2.80. The Morgan fingerprint density at radius 2 is 1.74 bits per heavy atom. The number of carbonyl (C=O) groups is 1. The minimum Gasteiger partial charge on any atom is -0.289 e. The third kappa shape index (κ3) is 1.99. The third-order valence-corrected chi connectivity index (χ3v) is 3.21. The highest BCUT2D eigenvalue weighted by Crippen LogP contribution is 2.21. The maximum absolute atomic E-state index is 12.6. The first-order chi connectivity index (χ1) is 9.27. The fraction of sp³-hybridized carbons (Fsp3) is 0.0625. The summed E-state index contributed by atoms with van der Waals surface area (Å²) in [7, 11) is 0. The Hall–Kier alpha value is -2.55. The van der Waals surface area contributed by atoms with Crippen LogP contribution in [0.3, 0.4) is 0 Å². The maximum Gasteiger partial charge on any atom is 0.195 e. The van der Waals surface area contributed by atoms with Crippen LogP contribution in [-0.2, 0) is 0 Å². The molecule has 0 aliphatic rings. The lowest BCUT2D eigenvalue weighted by atomic mass is 9.97. The largest absolute Gasteiger partial charge is 0.289 e. The molecule has 0 saturated carbocycles. The summed E-state index contributed by atoms with van der Waals surface area (Å²) < 4.78 is 0. The molecule has 0 fully saturated rings. The SMILES string of the molecule is Cc1ccncc1C(=O)c1cccc2cnccc12. The van der Waals surface area contributed by atoms with Gasteiger partial charge in [0.1, 0.15) is 0 Å². The third-order valence-electron chi connectivity index (χ3n) is 3.21. The van der Waals surface area contributed by atoms with E-state index in [9.17, 15) is 4.79 Å². The first-order valence-corrected chi connectivity index (χ1v) is 6.05. The van der Waals surface area contributed by atoms with Gasteiger partial charge in [0, 0.05) is 41.3 Å². The first-order valence-electron chi connectivity index (χ1n) is 6.05. The summed E-state index contributed by atoms with van der Waals surface area (Å²) >= 11 is 0. The lowest BCUT2D eigenvalue weighted by Crippen LogP contribution is -2.05. The normalized spacial score (nSPS) is 10.6. The number of nitrogens with zero attached hydrogens (tertiary/aromatic N) is 2. The topological polar surface area (TPSA) is 42.9 Å². The minimum atomic E-state index is 0.00222. The molecule has 3 aromatic rings. The molecule has 0 atom stereocenters. The van der Waals surface area contributed by atoms with E-state index in [2.05, 4.69) is 9.97 Å². The number of fused-ring (bicyclic) bond motifs is 1. The Morgan fingerprint density at radius 1 is 0.947 bits per heavy atom. The summed E-state index contributed by atoms with van der Waals surface area (Å²) in [6, 6.07) is 9.39. The number of aromatic nitrogens is 2. The predicted octanol–water partition coefficient (Wildman–Crippen LogP) is 3.17. The quantitative estimate of drug-likeness (QED) is 0.654. The van der Waals surface area contributed by atoms with Crippen LogP contribution in [0, 0.1) is 6.92 Å². The van der Waals surface area contributed by atoms with Crippen LogP contribution in [0.1, 0.15) is 21.5 Å². The van der Waals surface area contributed by atoms with E-state index in [0.717, 1.165) is 16.3 Å². The summed E-state index contributed by atoms with van der Waals surface area (Å²) in [5, 5.41) is 1.89. The molecule has 0 radical (unpaired) electrons. The smallest absolute Gasteiger partial charge is 0.195 e. The van der Waals surface area contributed by atoms with Gasteiger partial charge in [0.25, 0.3) is 0 Å². The Morgan fingerprint density at radius 3 is 2.58 bits per heavy atom. The predicted molar refractivity (Wildman–Crippen MR) is 74.1 cm³/mol. The molecule has 0 saturated heterocycles. The van der Waals surface area contributed by atoms with Gasteiger partial charge in [0.05, 0.1) is 0 Å². The van der Waals surface area contributed by atoms with Crippen molar-refractivity contribution in [2.24, 2.45) is 0 Å². The molecule has 3 rings (SSSR count). The van der Waals surface area contributed by atoms with Crippen molar-refractivity contribution in [3.8, 4) is 0 Å². The van der Waals surface area contributed by atoms with E-state index < -0.39 is 0 Å². The molecule has 3 heteroatoms. The van der Waals surface area contributed by atoms with E-state index in [1.54, 1.807) is 24.8 Å². The van der Waals surface area contributed by atoms with E-state index >= 15 is 0 Å². The molecule has 2 aromatic heterocycles. The molecule has 0 unspecified atom stereocenters.